The number of hydrogen-bond donors (Lipinski definition) is 3. The van der Waals surface area contributed by atoms with Gasteiger partial charge in [0, 0.05) is 44.3 Å². The van der Waals surface area contributed by atoms with Crippen molar-refractivity contribution in [2.45, 2.75) is 56.8 Å². The molecule has 0 spiro atoms. The van der Waals surface area contributed by atoms with Crippen LogP contribution < -0.4 is 16.0 Å². The summed E-state index contributed by atoms with van der Waals surface area (Å²) in [6.45, 7) is 3.63. The van der Waals surface area contributed by atoms with E-state index in [1.807, 2.05) is 18.2 Å². The Morgan fingerprint density at radius 1 is 1.23 bits per heavy atom. The third-order valence-corrected chi connectivity index (χ3v) is 6.64. The van der Waals surface area contributed by atoms with Crippen molar-refractivity contribution in [1.82, 2.24) is 20.9 Å². The van der Waals surface area contributed by atoms with Crippen molar-refractivity contribution in [1.29, 1.82) is 0 Å². The summed E-state index contributed by atoms with van der Waals surface area (Å²) in [7, 11) is 1.72. The Hall–Kier alpha value is -2.29. The van der Waals surface area contributed by atoms with E-state index in [1.165, 1.54) is 0 Å². The van der Waals surface area contributed by atoms with Gasteiger partial charge in [0.2, 0.25) is 11.8 Å². The Kier molecular flexibility index (Phi) is 6.17. The first-order chi connectivity index (χ1) is 14.5. The second-order valence-electron chi connectivity index (χ2n) is 8.48. The van der Waals surface area contributed by atoms with E-state index in [0.29, 0.717) is 31.7 Å². The zero-order valence-corrected chi connectivity index (χ0v) is 17.5. The molecule has 0 radical (unpaired) electrons. The van der Waals surface area contributed by atoms with E-state index in [4.69, 9.17) is 4.74 Å². The van der Waals surface area contributed by atoms with E-state index in [9.17, 15) is 14.4 Å². The molecule has 8 heteroatoms. The van der Waals surface area contributed by atoms with Crippen molar-refractivity contribution in [3.05, 3.63) is 34.9 Å². The maximum Gasteiger partial charge on any atom is 0.255 e. The average molecular weight is 415 g/mol. The van der Waals surface area contributed by atoms with Crippen molar-refractivity contribution in [3.8, 4) is 0 Å². The number of piperidine rings is 2. The molecule has 2 saturated heterocycles. The molecule has 162 valence electrons. The van der Waals surface area contributed by atoms with Crippen molar-refractivity contribution in [2.24, 2.45) is 0 Å². The van der Waals surface area contributed by atoms with E-state index in [-0.39, 0.29) is 29.7 Å². The van der Waals surface area contributed by atoms with Gasteiger partial charge >= 0.3 is 0 Å². The highest BCUT2D eigenvalue weighted by Crippen LogP contribution is 2.31. The number of fused-ring (bicyclic) bond motifs is 1. The van der Waals surface area contributed by atoms with Gasteiger partial charge in [0.1, 0.15) is 6.04 Å². The number of amides is 3. The van der Waals surface area contributed by atoms with Gasteiger partial charge in [-0.2, -0.15) is 0 Å². The Morgan fingerprint density at radius 3 is 2.77 bits per heavy atom. The van der Waals surface area contributed by atoms with E-state index in [1.54, 1.807) is 12.0 Å². The number of nitrogens with one attached hydrogen (secondary N) is 3. The third-order valence-electron chi connectivity index (χ3n) is 6.64. The summed E-state index contributed by atoms with van der Waals surface area (Å²) in [5.74, 6) is -0.762. The molecule has 3 heterocycles. The molecule has 1 unspecified atom stereocenters. The SMILES string of the molecule is COCCC1(NCc2cccc3c2C(=O)N(C2CCC(=O)NC2=O)C3)CCNCC1. The first kappa shape index (κ1) is 21.0. The maximum absolute atomic E-state index is 13.3. The Bertz CT molecular complexity index is 834. The summed E-state index contributed by atoms with van der Waals surface area (Å²) < 4.78 is 5.33. The van der Waals surface area contributed by atoms with Crippen LogP contribution in [0.1, 0.15) is 53.6 Å². The minimum atomic E-state index is -0.583. The van der Waals surface area contributed by atoms with Gasteiger partial charge in [-0.15, -0.1) is 0 Å². The monoisotopic (exact) mass is 414 g/mol. The van der Waals surface area contributed by atoms with Crippen LogP contribution in [0, 0.1) is 0 Å². The molecule has 3 N–H and O–H groups in total. The number of ether oxygens (including phenoxy) is 1. The van der Waals surface area contributed by atoms with E-state index in [2.05, 4.69) is 16.0 Å². The molecule has 1 aromatic rings. The number of rotatable bonds is 7. The molecule has 4 rings (SSSR count). The van der Waals surface area contributed by atoms with E-state index < -0.39 is 6.04 Å². The third kappa shape index (κ3) is 4.12. The first-order valence-corrected chi connectivity index (χ1v) is 10.7. The van der Waals surface area contributed by atoms with Gasteiger partial charge < -0.3 is 20.3 Å². The number of nitrogens with zero attached hydrogens (tertiary/aromatic N) is 1. The fourth-order valence-electron chi connectivity index (χ4n) is 4.84. The number of benzene rings is 1. The van der Waals surface area contributed by atoms with Crippen LogP contribution >= 0.6 is 0 Å². The molecule has 30 heavy (non-hydrogen) atoms. The fraction of sp³-hybridized carbons (Fsp3) is 0.591. The summed E-state index contributed by atoms with van der Waals surface area (Å²) in [6, 6.07) is 5.33. The average Bonchev–Trinajstić information content (AvgIpc) is 3.08. The zero-order chi connectivity index (χ0) is 21.1. The number of imide groups is 1. The van der Waals surface area contributed by atoms with Crippen molar-refractivity contribution in [2.75, 3.05) is 26.8 Å². The van der Waals surface area contributed by atoms with Gasteiger partial charge in [-0.25, -0.2) is 0 Å². The molecular formula is C22H30N4O4. The lowest BCUT2D eigenvalue weighted by atomic mass is 9.85. The number of carbonyl (C=O) groups excluding carboxylic acids is 3. The smallest absolute Gasteiger partial charge is 0.255 e. The normalized spacial score (nSPS) is 23.4. The number of methoxy groups -OCH3 is 1. The van der Waals surface area contributed by atoms with Gasteiger partial charge in [-0.3, -0.25) is 19.7 Å². The summed E-state index contributed by atoms with van der Waals surface area (Å²) in [5, 5.41) is 9.50. The van der Waals surface area contributed by atoms with Gasteiger partial charge in [-0.05, 0) is 49.9 Å². The van der Waals surface area contributed by atoms with Crippen LogP contribution in [0.2, 0.25) is 0 Å². The van der Waals surface area contributed by atoms with E-state index >= 15 is 0 Å². The summed E-state index contributed by atoms with van der Waals surface area (Å²) in [5.41, 5.74) is 2.60. The van der Waals surface area contributed by atoms with Crippen LogP contribution in [0.4, 0.5) is 0 Å². The Labute approximate surface area is 176 Å². The summed E-state index contributed by atoms with van der Waals surface area (Å²) >= 11 is 0. The molecule has 1 aromatic carbocycles. The standard InChI is InChI=1S/C22H30N4O4/c1-30-12-9-22(7-10-23-11-8-22)24-13-15-3-2-4-16-14-26(21(29)19(15)16)17-5-6-18(27)25-20(17)28/h2-4,17,23-24H,5-14H2,1H3,(H,25,27,28). The Morgan fingerprint density at radius 2 is 2.03 bits per heavy atom. The van der Waals surface area contributed by atoms with Gasteiger partial charge in [-0.1, -0.05) is 18.2 Å². The zero-order valence-electron chi connectivity index (χ0n) is 17.5. The van der Waals surface area contributed by atoms with Crippen LogP contribution in [0.3, 0.4) is 0 Å². The predicted octanol–water partition coefficient (Wildman–Crippen LogP) is 0.696. The molecule has 8 nitrogen and oxygen atoms in total. The molecule has 0 saturated carbocycles. The van der Waals surface area contributed by atoms with Gasteiger partial charge in [0.25, 0.3) is 5.91 Å². The fourth-order valence-corrected chi connectivity index (χ4v) is 4.84. The summed E-state index contributed by atoms with van der Waals surface area (Å²) in [4.78, 5) is 38.6. The second-order valence-corrected chi connectivity index (χ2v) is 8.48. The summed E-state index contributed by atoms with van der Waals surface area (Å²) in [6.07, 6.45) is 3.60. The lowest BCUT2D eigenvalue weighted by molar-refractivity contribution is -0.136. The highest BCUT2D eigenvalue weighted by atomic mass is 16.5. The van der Waals surface area contributed by atoms with E-state index in [0.717, 1.165) is 43.5 Å². The lowest BCUT2D eigenvalue weighted by Crippen LogP contribution is -2.53. The molecular weight excluding hydrogens is 384 g/mol. The van der Waals surface area contributed by atoms with Crippen LogP contribution in [-0.2, 0) is 27.4 Å². The maximum atomic E-state index is 13.3. The van der Waals surface area contributed by atoms with Crippen molar-refractivity contribution >= 4 is 17.7 Å². The minimum absolute atomic E-state index is 0.00502. The predicted molar refractivity (Wildman–Crippen MR) is 111 cm³/mol. The van der Waals surface area contributed by atoms with Gasteiger partial charge in [0.05, 0.1) is 0 Å². The largest absolute Gasteiger partial charge is 0.385 e. The van der Waals surface area contributed by atoms with Crippen LogP contribution in [0.15, 0.2) is 18.2 Å². The highest BCUT2D eigenvalue weighted by Gasteiger charge is 2.40. The van der Waals surface area contributed by atoms with Crippen LogP contribution in [0.5, 0.6) is 0 Å². The molecule has 2 fully saturated rings. The van der Waals surface area contributed by atoms with Crippen molar-refractivity contribution < 1.29 is 19.1 Å². The molecule has 1 atom stereocenters. The first-order valence-electron chi connectivity index (χ1n) is 10.7. The molecule has 3 amide bonds. The quantitative estimate of drug-likeness (QED) is 0.568. The number of carbonyl (C=O) groups is 3. The molecule has 3 aliphatic heterocycles. The second kappa shape index (κ2) is 8.83. The molecule has 3 aliphatic rings. The molecule has 0 bridgehead atoms. The van der Waals surface area contributed by atoms with Crippen LogP contribution in [-0.4, -0.2) is 61.0 Å². The van der Waals surface area contributed by atoms with Crippen molar-refractivity contribution in [3.63, 3.8) is 0 Å². The molecule has 0 aliphatic carbocycles. The van der Waals surface area contributed by atoms with Crippen LogP contribution in [0.25, 0.3) is 0 Å². The lowest BCUT2D eigenvalue weighted by Gasteiger charge is -2.39. The minimum Gasteiger partial charge on any atom is -0.385 e. The molecule has 0 aromatic heterocycles. The van der Waals surface area contributed by atoms with Gasteiger partial charge in [0.15, 0.2) is 0 Å². The topological polar surface area (TPSA) is 99.8 Å². The Balaban J connectivity index is 1.50. The number of hydrogen-bond acceptors (Lipinski definition) is 6. The highest BCUT2D eigenvalue weighted by molar-refractivity contribution is 6.05.